The van der Waals surface area contributed by atoms with Gasteiger partial charge in [0.15, 0.2) is 0 Å². The molecule has 0 radical (unpaired) electrons. The molecule has 0 bridgehead atoms. The molecule has 2 aromatic heterocycles. The molecule has 2 rings (SSSR count). The van der Waals surface area contributed by atoms with Crippen LogP contribution in [0.1, 0.15) is 22.9 Å². The van der Waals surface area contributed by atoms with Crippen molar-refractivity contribution in [1.29, 1.82) is 0 Å². The zero-order chi connectivity index (χ0) is 12.4. The number of anilines is 2. The second-order valence-electron chi connectivity index (χ2n) is 3.84. The van der Waals surface area contributed by atoms with Gasteiger partial charge in [-0.1, -0.05) is 0 Å². The van der Waals surface area contributed by atoms with Gasteiger partial charge in [0.1, 0.15) is 23.7 Å². The number of rotatable bonds is 3. The number of aromatic nitrogens is 3. The Hall–Kier alpha value is -2.11. The van der Waals surface area contributed by atoms with Crippen molar-refractivity contribution in [3.8, 4) is 0 Å². The highest BCUT2D eigenvalue weighted by Crippen LogP contribution is 2.16. The Balaban J connectivity index is 2.10. The van der Waals surface area contributed by atoms with E-state index in [4.69, 9.17) is 10.2 Å². The van der Waals surface area contributed by atoms with Gasteiger partial charge in [-0.3, -0.25) is 0 Å². The number of nitrogens with one attached hydrogen (secondary N) is 1. The molecule has 0 unspecified atom stereocenters. The van der Waals surface area contributed by atoms with Gasteiger partial charge in [-0.25, -0.2) is 15.0 Å². The molecule has 0 saturated heterocycles. The lowest BCUT2D eigenvalue weighted by molar-refractivity contribution is 0.478. The van der Waals surface area contributed by atoms with Gasteiger partial charge >= 0.3 is 0 Å². The fourth-order valence-corrected chi connectivity index (χ4v) is 1.42. The van der Waals surface area contributed by atoms with E-state index in [2.05, 4.69) is 20.3 Å². The van der Waals surface area contributed by atoms with Gasteiger partial charge < -0.3 is 15.5 Å². The van der Waals surface area contributed by atoms with E-state index in [-0.39, 0.29) is 0 Å². The van der Waals surface area contributed by atoms with Crippen LogP contribution in [0.25, 0.3) is 0 Å². The summed E-state index contributed by atoms with van der Waals surface area (Å²) in [5, 5.41) is 3.12. The molecule has 2 aromatic rings. The number of hydrogen-bond donors (Lipinski definition) is 2. The van der Waals surface area contributed by atoms with Crippen LogP contribution in [0.3, 0.4) is 0 Å². The number of aryl methyl sites for hydroxylation is 2. The smallest absolute Gasteiger partial charge is 0.213 e. The minimum absolute atomic E-state index is 0.474. The molecule has 2 heterocycles. The average Bonchev–Trinajstić information content (AvgIpc) is 2.61. The predicted molar refractivity (Wildman–Crippen MR) is 64.5 cm³/mol. The molecular weight excluding hydrogens is 218 g/mol. The Labute approximate surface area is 99.3 Å². The Morgan fingerprint density at radius 2 is 2.06 bits per heavy atom. The van der Waals surface area contributed by atoms with Gasteiger partial charge in [-0.2, -0.15) is 0 Å². The third-order valence-corrected chi connectivity index (χ3v) is 2.60. The quantitative estimate of drug-likeness (QED) is 0.836. The molecule has 90 valence electrons. The predicted octanol–water partition coefficient (Wildman–Crippen LogP) is 1.58. The highest BCUT2D eigenvalue weighted by molar-refractivity contribution is 5.53. The van der Waals surface area contributed by atoms with Crippen molar-refractivity contribution >= 4 is 11.6 Å². The maximum Gasteiger partial charge on any atom is 0.213 e. The second-order valence-corrected chi connectivity index (χ2v) is 3.84. The van der Waals surface area contributed by atoms with E-state index in [0.717, 1.165) is 17.0 Å². The van der Waals surface area contributed by atoms with Gasteiger partial charge in [0.05, 0.1) is 12.2 Å². The van der Waals surface area contributed by atoms with E-state index in [1.807, 2.05) is 20.8 Å². The normalized spacial score (nSPS) is 10.5. The molecule has 0 aliphatic heterocycles. The number of nitrogens with zero attached hydrogens (tertiary/aromatic N) is 3. The second kappa shape index (κ2) is 4.40. The molecule has 0 aliphatic carbocycles. The number of nitrogens with two attached hydrogens (primary N) is 1. The zero-order valence-electron chi connectivity index (χ0n) is 10.1. The van der Waals surface area contributed by atoms with Gasteiger partial charge in [0.2, 0.25) is 5.89 Å². The molecular formula is C11H15N5O. The molecule has 6 heteroatoms. The van der Waals surface area contributed by atoms with E-state index in [1.165, 1.54) is 6.33 Å². The number of nitrogen functional groups attached to an aromatic ring is 1. The summed E-state index contributed by atoms with van der Waals surface area (Å²) in [4.78, 5) is 12.3. The highest BCUT2D eigenvalue weighted by Gasteiger charge is 2.07. The van der Waals surface area contributed by atoms with Crippen molar-refractivity contribution in [3.05, 3.63) is 29.2 Å². The summed E-state index contributed by atoms with van der Waals surface area (Å²) in [5.41, 5.74) is 7.42. The first-order valence-corrected chi connectivity index (χ1v) is 5.31. The maximum atomic E-state index is 5.69. The first-order chi connectivity index (χ1) is 8.08. The number of oxazole rings is 1. The van der Waals surface area contributed by atoms with Crippen LogP contribution in [0, 0.1) is 20.8 Å². The van der Waals surface area contributed by atoms with Crippen molar-refractivity contribution in [3.63, 3.8) is 0 Å². The van der Waals surface area contributed by atoms with E-state index in [9.17, 15) is 0 Å². The Kier molecular flexibility index (Phi) is 2.95. The van der Waals surface area contributed by atoms with E-state index >= 15 is 0 Å². The summed E-state index contributed by atoms with van der Waals surface area (Å²) in [7, 11) is 0. The van der Waals surface area contributed by atoms with Crippen LogP contribution in [0.15, 0.2) is 10.7 Å². The van der Waals surface area contributed by atoms with Gasteiger partial charge in [-0.05, 0) is 20.8 Å². The largest absolute Gasteiger partial charge is 0.444 e. The summed E-state index contributed by atoms with van der Waals surface area (Å²) < 4.78 is 5.46. The summed E-state index contributed by atoms with van der Waals surface area (Å²) in [6.45, 7) is 6.14. The summed E-state index contributed by atoms with van der Waals surface area (Å²) in [6.07, 6.45) is 1.43. The lowest BCUT2D eigenvalue weighted by atomic mass is 10.3. The molecule has 0 amide bonds. The van der Waals surface area contributed by atoms with Crippen LogP contribution < -0.4 is 11.1 Å². The van der Waals surface area contributed by atoms with Crippen molar-refractivity contribution in [2.75, 3.05) is 11.1 Å². The van der Waals surface area contributed by atoms with Gasteiger partial charge in [0.25, 0.3) is 0 Å². The Bertz CT molecular complexity index is 515. The fraction of sp³-hybridized carbons (Fsp3) is 0.364. The molecule has 3 N–H and O–H groups in total. The van der Waals surface area contributed by atoms with Crippen molar-refractivity contribution in [1.82, 2.24) is 15.0 Å². The van der Waals surface area contributed by atoms with Crippen LogP contribution in [-0.4, -0.2) is 15.0 Å². The van der Waals surface area contributed by atoms with Crippen LogP contribution in [-0.2, 0) is 6.54 Å². The Morgan fingerprint density at radius 3 is 2.71 bits per heavy atom. The molecule has 17 heavy (non-hydrogen) atoms. The third-order valence-electron chi connectivity index (χ3n) is 2.60. The first kappa shape index (κ1) is 11.4. The lowest BCUT2D eigenvalue weighted by Gasteiger charge is -2.07. The molecule has 0 fully saturated rings. The number of hydrogen-bond acceptors (Lipinski definition) is 6. The van der Waals surface area contributed by atoms with E-state index in [0.29, 0.717) is 24.1 Å². The lowest BCUT2D eigenvalue weighted by Crippen LogP contribution is -2.06. The minimum Gasteiger partial charge on any atom is -0.444 e. The van der Waals surface area contributed by atoms with Gasteiger partial charge in [-0.15, -0.1) is 0 Å². The molecule has 0 aromatic carbocycles. The minimum atomic E-state index is 0.474. The van der Waals surface area contributed by atoms with E-state index in [1.54, 1.807) is 0 Å². The Morgan fingerprint density at radius 1 is 1.29 bits per heavy atom. The van der Waals surface area contributed by atoms with Crippen LogP contribution in [0.2, 0.25) is 0 Å². The summed E-state index contributed by atoms with van der Waals surface area (Å²) >= 11 is 0. The summed E-state index contributed by atoms with van der Waals surface area (Å²) in [5.74, 6) is 2.64. The van der Waals surface area contributed by atoms with Crippen molar-refractivity contribution in [2.24, 2.45) is 0 Å². The zero-order valence-corrected chi connectivity index (χ0v) is 10.1. The molecule has 6 nitrogen and oxygen atoms in total. The van der Waals surface area contributed by atoms with E-state index < -0.39 is 0 Å². The average molecular weight is 233 g/mol. The van der Waals surface area contributed by atoms with Crippen LogP contribution >= 0.6 is 0 Å². The van der Waals surface area contributed by atoms with Crippen molar-refractivity contribution in [2.45, 2.75) is 27.3 Å². The van der Waals surface area contributed by atoms with Gasteiger partial charge in [0, 0.05) is 5.56 Å². The highest BCUT2D eigenvalue weighted by atomic mass is 16.4. The summed E-state index contributed by atoms with van der Waals surface area (Å²) in [6, 6.07) is 0. The first-order valence-electron chi connectivity index (χ1n) is 5.31. The van der Waals surface area contributed by atoms with Crippen LogP contribution in [0.4, 0.5) is 11.6 Å². The fourth-order valence-electron chi connectivity index (χ4n) is 1.42. The van der Waals surface area contributed by atoms with Crippen molar-refractivity contribution < 1.29 is 4.42 Å². The molecule has 0 spiro atoms. The topological polar surface area (TPSA) is 89.9 Å². The molecule has 0 atom stereocenters. The third kappa shape index (κ3) is 2.35. The SMILES string of the molecule is Cc1nc(CNc2ncnc(N)c2C)oc1C. The van der Waals surface area contributed by atoms with Crippen LogP contribution in [0.5, 0.6) is 0 Å². The molecule has 0 aliphatic rings. The monoisotopic (exact) mass is 233 g/mol. The molecule has 0 saturated carbocycles. The standard InChI is InChI=1S/C11H15N5O/c1-6-10(12)14-5-15-11(6)13-4-9-16-7(2)8(3)17-9/h5H,4H2,1-3H3,(H3,12,13,14,15). The maximum absolute atomic E-state index is 5.69.